The zero-order chi connectivity index (χ0) is 15.0. The monoisotopic (exact) mass is 269 g/mol. The molecule has 0 fully saturated rings. The number of amidine groups is 2. The summed E-state index contributed by atoms with van der Waals surface area (Å²) in [5, 5.41) is 7.88. The van der Waals surface area contributed by atoms with Crippen molar-refractivity contribution < 1.29 is 4.74 Å². The topological polar surface area (TPSA) is 71.5 Å². The Kier molecular flexibility index (Phi) is 5.97. The van der Waals surface area contributed by atoms with Crippen molar-refractivity contribution in [3.8, 4) is 5.75 Å². The first-order chi connectivity index (χ1) is 9.58. The Balaban J connectivity index is 2.92. The van der Waals surface area contributed by atoms with E-state index in [0.717, 1.165) is 5.56 Å². The highest BCUT2D eigenvalue weighted by atomic mass is 16.5. The van der Waals surface area contributed by atoms with E-state index in [0.29, 0.717) is 11.3 Å². The molecular formula is C16H19N3O. The van der Waals surface area contributed by atoms with Gasteiger partial charge >= 0.3 is 0 Å². The van der Waals surface area contributed by atoms with Gasteiger partial charge < -0.3 is 10.5 Å². The van der Waals surface area contributed by atoms with E-state index < -0.39 is 0 Å². The van der Waals surface area contributed by atoms with E-state index in [1.54, 1.807) is 44.4 Å². The number of hydrogen-bond donors (Lipinski definition) is 2. The lowest BCUT2D eigenvalue weighted by Crippen LogP contribution is -2.16. The molecule has 0 aliphatic rings. The van der Waals surface area contributed by atoms with Gasteiger partial charge in [0.05, 0.1) is 7.11 Å². The van der Waals surface area contributed by atoms with Gasteiger partial charge in [0, 0.05) is 5.56 Å². The fourth-order valence-electron chi connectivity index (χ4n) is 1.41. The Labute approximate surface area is 119 Å². The van der Waals surface area contributed by atoms with Gasteiger partial charge in [0.15, 0.2) is 0 Å². The third kappa shape index (κ3) is 4.57. The molecule has 0 spiro atoms. The molecule has 104 valence electrons. The van der Waals surface area contributed by atoms with Gasteiger partial charge in [-0.1, -0.05) is 43.0 Å². The van der Waals surface area contributed by atoms with Gasteiger partial charge in [-0.2, -0.15) is 0 Å². The fraction of sp³-hybridized carbons (Fsp3) is 0.125. The maximum absolute atomic E-state index is 7.88. The van der Waals surface area contributed by atoms with E-state index in [-0.39, 0.29) is 11.7 Å². The predicted molar refractivity (Wildman–Crippen MR) is 84.5 cm³/mol. The van der Waals surface area contributed by atoms with E-state index in [4.69, 9.17) is 15.9 Å². The summed E-state index contributed by atoms with van der Waals surface area (Å²) in [6.45, 7) is 5.38. The molecule has 0 saturated heterocycles. The van der Waals surface area contributed by atoms with Gasteiger partial charge in [-0.3, -0.25) is 5.41 Å². The van der Waals surface area contributed by atoms with Crippen LogP contribution >= 0.6 is 0 Å². The predicted octanol–water partition coefficient (Wildman–Crippen LogP) is 3.07. The molecule has 0 radical (unpaired) electrons. The van der Waals surface area contributed by atoms with Crippen molar-refractivity contribution in [1.29, 1.82) is 5.41 Å². The first kappa shape index (κ1) is 15.4. The van der Waals surface area contributed by atoms with Crippen molar-refractivity contribution in [3.05, 3.63) is 66.3 Å². The van der Waals surface area contributed by atoms with Gasteiger partial charge in [0.2, 0.25) is 0 Å². The summed E-state index contributed by atoms with van der Waals surface area (Å²) in [7, 11) is 1.59. The first-order valence-electron chi connectivity index (χ1n) is 6.12. The third-order valence-electron chi connectivity index (χ3n) is 2.56. The minimum atomic E-state index is 0.124. The standard InChI is InChI=1S/C16H19N3O/c1-4-5-6-8-12(2)15(17)19-16(18)13-9-7-10-14(11-13)20-3/h4-11H,1H2,2-3H3,(H3,17,18,19)/b6-5-,12-8+. The summed E-state index contributed by atoms with van der Waals surface area (Å²) in [5.74, 6) is 1.11. The van der Waals surface area contributed by atoms with Crippen LogP contribution in [0.3, 0.4) is 0 Å². The highest BCUT2D eigenvalue weighted by Gasteiger charge is 2.03. The summed E-state index contributed by atoms with van der Waals surface area (Å²) in [6, 6.07) is 7.26. The maximum atomic E-state index is 7.88. The van der Waals surface area contributed by atoms with Crippen LogP contribution in [0.4, 0.5) is 0 Å². The first-order valence-corrected chi connectivity index (χ1v) is 6.12. The summed E-state index contributed by atoms with van der Waals surface area (Å²) in [6.07, 6.45) is 7.04. The van der Waals surface area contributed by atoms with Gasteiger partial charge in [0.25, 0.3) is 0 Å². The lowest BCUT2D eigenvalue weighted by molar-refractivity contribution is 0.414. The summed E-state index contributed by atoms with van der Waals surface area (Å²) >= 11 is 0. The number of nitrogens with one attached hydrogen (secondary N) is 1. The van der Waals surface area contributed by atoms with Crippen LogP contribution in [0.25, 0.3) is 0 Å². The maximum Gasteiger partial charge on any atom is 0.149 e. The highest BCUT2D eigenvalue weighted by Crippen LogP contribution is 2.12. The molecule has 0 heterocycles. The Morgan fingerprint density at radius 2 is 2.15 bits per heavy atom. The molecule has 3 N–H and O–H groups in total. The number of rotatable bonds is 5. The molecule has 4 nitrogen and oxygen atoms in total. The number of ether oxygens (including phenoxy) is 1. The van der Waals surface area contributed by atoms with Crippen LogP contribution in [-0.2, 0) is 0 Å². The summed E-state index contributed by atoms with van der Waals surface area (Å²) in [4.78, 5) is 4.10. The van der Waals surface area contributed by atoms with Gasteiger partial charge in [-0.15, -0.1) is 0 Å². The lowest BCUT2D eigenvalue weighted by atomic mass is 10.2. The van der Waals surface area contributed by atoms with Crippen LogP contribution in [0.2, 0.25) is 0 Å². The fourth-order valence-corrected chi connectivity index (χ4v) is 1.41. The minimum Gasteiger partial charge on any atom is -0.497 e. The van der Waals surface area contributed by atoms with Crippen LogP contribution in [-0.4, -0.2) is 18.8 Å². The molecule has 0 unspecified atom stereocenters. The van der Waals surface area contributed by atoms with E-state index >= 15 is 0 Å². The molecule has 4 heteroatoms. The van der Waals surface area contributed by atoms with Crippen LogP contribution in [0, 0.1) is 5.41 Å². The molecule has 1 rings (SSSR count). The number of benzene rings is 1. The van der Waals surface area contributed by atoms with Gasteiger partial charge in [-0.05, 0) is 24.6 Å². The molecule has 20 heavy (non-hydrogen) atoms. The van der Waals surface area contributed by atoms with Gasteiger partial charge in [0.1, 0.15) is 17.4 Å². The second-order valence-electron chi connectivity index (χ2n) is 4.05. The van der Waals surface area contributed by atoms with E-state index in [2.05, 4.69) is 11.6 Å². The van der Waals surface area contributed by atoms with Crippen LogP contribution in [0.15, 0.2) is 65.7 Å². The normalized spacial score (nSPS) is 12.5. The van der Waals surface area contributed by atoms with E-state index in [9.17, 15) is 0 Å². The second kappa shape index (κ2) is 7.74. The molecular weight excluding hydrogens is 250 g/mol. The quantitative estimate of drug-likeness (QED) is 0.490. The number of nitrogens with two attached hydrogens (primary N) is 1. The molecule has 0 aliphatic heterocycles. The van der Waals surface area contributed by atoms with Crippen LogP contribution in [0.1, 0.15) is 12.5 Å². The number of allylic oxidation sites excluding steroid dienone is 4. The molecule has 0 aromatic heterocycles. The Bertz CT molecular complexity index is 583. The van der Waals surface area contributed by atoms with E-state index in [1.165, 1.54) is 0 Å². The highest BCUT2D eigenvalue weighted by molar-refractivity contribution is 6.09. The SMILES string of the molecule is C=C/C=C\C=C(/C)C(=N)N=C(N)c1cccc(OC)c1. The third-order valence-corrected chi connectivity index (χ3v) is 2.56. The molecule has 0 atom stereocenters. The lowest BCUT2D eigenvalue weighted by Gasteiger charge is -2.04. The van der Waals surface area contributed by atoms with Crippen LogP contribution in [0.5, 0.6) is 5.75 Å². The Hall–Kier alpha value is -2.62. The average molecular weight is 269 g/mol. The molecule has 0 amide bonds. The molecule has 1 aromatic carbocycles. The zero-order valence-corrected chi connectivity index (χ0v) is 11.8. The van der Waals surface area contributed by atoms with Crippen molar-refractivity contribution in [1.82, 2.24) is 0 Å². The van der Waals surface area contributed by atoms with Gasteiger partial charge in [-0.25, -0.2) is 4.99 Å². The number of aliphatic imine (C=N–C) groups is 1. The molecule has 0 saturated carbocycles. The zero-order valence-electron chi connectivity index (χ0n) is 11.8. The minimum absolute atomic E-state index is 0.124. The number of nitrogens with zero attached hydrogens (tertiary/aromatic N) is 1. The Morgan fingerprint density at radius 1 is 1.40 bits per heavy atom. The summed E-state index contributed by atoms with van der Waals surface area (Å²) in [5.41, 5.74) is 7.35. The van der Waals surface area contributed by atoms with Crippen molar-refractivity contribution in [2.75, 3.05) is 7.11 Å². The van der Waals surface area contributed by atoms with Crippen molar-refractivity contribution in [2.24, 2.45) is 10.7 Å². The summed E-state index contributed by atoms with van der Waals surface area (Å²) < 4.78 is 5.13. The van der Waals surface area contributed by atoms with Crippen LogP contribution < -0.4 is 10.5 Å². The van der Waals surface area contributed by atoms with Crippen molar-refractivity contribution >= 4 is 11.7 Å². The Morgan fingerprint density at radius 3 is 2.80 bits per heavy atom. The number of methoxy groups -OCH3 is 1. The average Bonchev–Trinajstić information content (AvgIpc) is 2.47. The smallest absolute Gasteiger partial charge is 0.149 e. The molecule has 0 bridgehead atoms. The van der Waals surface area contributed by atoms with Crippen molar-refractivity contribution in [3.63, 3.8) is 0 Å². The number of hydrogen-bond acceptors (Lipinski definition) is 2. The largest absolute Gasteiger partial charge is 0.497 e. The molecule has 0 aliphatic carbocycles. The van der Waals surface area contributed by atoms with Crippen molar-refractivity contribution in [2.45, 2.75) is 6.92 Å². The second-order valence-corrected chi connectivity index (χ2v) is 4.05. The molecule has 1 aromatic rings. The van der Waals surface area contributed by atoms with E-state index in [1.807, 2.05) is 18.2 Å².